The number of carbonyl (C=O) groups is 1. The van der Waals surface area contributed by atoms with Gasteiger partial charge in [0.05, 0.1) is 17.7 Å². The Balaban J connectivity index is 1.95. The Hall–Kier alpha value is -2.20. The number of carboxylic acid groups (broad SMARTS) is 1. The van der Waals surface area contributed by atoms with E-state index >= 15 is 0 Å². The van der Waals surface area contributed by atoms with Gasteiger partial charge in [0, 0.05) is 6.20 Å². The van der Waals surface area contributed by atoms with Crippen molar-refractivity contribution in [1.82, 2.24) is 9.88 Å². The Kier molecular flexibility index (Phi) is 5.19. The lowest BCUT2D eigenvalue weighted by Gasteiger charge is -2.37. The third kappa shape index (κ3) is 3.90. The highest BCUT2D eigenvalue weighted by molar-refractivity contribution is 5.70. The fraction of sp³-hybridized carbons (Fsp3) is 0.429. The van der Waals surface area contributed by atoms with Gasteiger partial charge in [-0.15, -0.1) is 0 Å². The van der Waals surface area contributed by atoms with Crippen LogP contribution in [-0.2, 0) is 4.79 Å². The van der Waals surface area contributed by atoms with Crippen LogP contribution < -0.4 is 0 Å². The molecule has 0 bridgehead atoms. The molecule has 1 N–H and O–H groups in total. The number of aryl methyl sites for hydroxylation is 3. The normalized spacial score (nSPS) is 17.4. The van der Waals surface area contributed by atoms with E-state index in [1.165, 1.54) is 16.7 Å². The second-order valence-corrected chi connectivity index (χ2v) is 7.17. The lowest BCUT2D eigenvalue weighted by atomic mass is 9.91. The Bertz CT molecular complexity index is 747. The van der Waals surface area contributed by atoms with Crippen LogP contribution in [0.3, 0.4) is 0 Å². The topological polar surface area (TPSA) is 53.4 Å². The molecule has 132 valence electrons. The van der Waals surface area contributed by atoms with E-state index in [1.807, 2.05) is 13.1 Å². The van der Waals surface area contributed by atoms with Gasteiger partial charge in [0.1, 0.15) is 0 Å². The summed E-state index contributed by atoms with van der Waals surface area (Å²) in [5.74, 6) is -0.891. The molecule has 1 atom stereocenters. The van der Waals surface area contributed by atoms with Gasteiger partial charge < -0.3 is 5.11 Å². The van der Waals surface area contributed by atoms with Crippen LogP contribution in [0.4, 0.5) is 0 Å². The molecule has 0 aliphatic carbocycles. The van der Waals surface area contributed by atoms with E-state index < -0.39 is 5.97 Å². The van der Waals surface area contributed by atoms with Crippen molar-refractivity contribution in [2.75, 3.05) is 13.1 Å². The molecule has 4 nitrogen and oxygen atoms in total. The summed E-state index contributed by atoms with van der Waals surface area (Å²) in [6, 6.07) is 10.8. The first-order chi connectivity index (χ1) is 12.0. The molecule has 2 aromatic rings. The fourth-order valence-electron chi connectivity index (χ4n) is 3.72. The minimum Gasteiger partial charge on any atom is -0.481 e. The summed E-state index contributed by atoms with van der Waals surface area (Å²) in [6.45, 7) is 7.86. The van der Waals surface area contributed by atoms with Crippen LogP contribution in [0.25, 0.3) is 0 Å². The quantitative estimate of drug-likeness (QED) is 0.919. The van der Waals surface area contributed by atoms with Crippen LogP contribution in [0, 0.1) is 26.7 Å². The highest BCUT2D eigenvalue weighted by atomic mass is 16.4. The van der Waals surface area contributed by atoms with Crippen molar-refractivity contribution in [2.24, 2.45) is 5.92 Å². The van der Waals surface area contributed by atoms with E-state index in [0.29, 0.717) is 12.8 Å². The van der Waals surface area contributed by atoms with Gasteiger partial charge >= 0.3 is 5.97 Å². The maximum atomic E-state index is 11.3. The monoisotopic (exact) mass is 338 g/mol. The van der Waals surface area contributed by atoms with Crippen LogP contribution >= 0.6 is 0 Å². The molecule has 4 heteroatoms. The number of piperidine rings is 1. The third-order valence-corrected chi connectivity index (χ3v) is 5.18. The number of hydrogen-bond donors (Lipinski definition) is 1. The van der Waals surface area contributed by atoms with Gasteiger partial charge in [0.25, 0.3) is 0 Å². The van der Waals surface area contributed by atoms with E-state index in [9.17, 15) is 9.90 Å². The SMILES string of the molecule is Cc1ccc(C(c2ccc(C)cc2C)N2CCC(C(=O)O)CC2)nc1. The minimum atomic E-state index is -0.670. The van der Waals surface area contributed by atoms with Crippen LogP contribution in [0.2, 0.25) is 0 Å². The summed E-state index contributed by atoms with van der Waals surface area (Å²) in [5, 5.41) is 9.27. The molecular formula is C21H26N2O2. The van der Waals surface area contributed by atoms with Crippen LogP contribution in [0.1, 0.15) is 46.8 Å². The maximum Gasteiger partial charge on any atom is 0.306 e. The van der Waals surface area contributed by atoms with E-state index in [0.717, 1.165) is 24.3 Å². The zero-order valence-electron chi connectivity index (χ0n) is 15.2. The lowest BCUT2D eigenvalue weighted by Crippen LogP contribution is -2.39. The fourth-order valence-corrected chi connectivity index (χ4v) is 3.72. The summed E-state index contributed by atoms with van der Waals surface area (Å²) in [5.41, 5.74) is 5.95. The summed E-state index contributed by atoms with van der Waals surface area (Å²) >= 11 is 0. The Morgan fingerprint density at radius 1 is 1.12 bits per heavy atom. The zero-order chi connectivity index (χ0) is 18.0. The van der Waals surface area contributed by atoms with Crippen LogP contribution in [0.15, 0.2) is 36.5 Å². The third-order valence-electron chi connectivity index (χ3n) is 5.18. The molecule has 1 aliphatic rings. The van der Waals surface area contributed by atoms with Crippen molar-refractivity contribution in [3.63, 3.8) is 0 Å². The molecule has 1 aromatic carbocycles. The average Bonchev–Trinajstić information content (AvgIpc) is 2.59. The Morgan fingerprint density at radius 2 is 1.80 bits per heavy atom. The van der Waals surface area contributed by atoms with Gasteiger partial charge in [-0.1, -0.05) is 29.8 Å². The standard InChI is InChI=1S/C21H26N2O2/c1-14-4-6-18(16(3)12-14)20(19-7-5-15(2)13-22-19)23-10-8-17(9-11-23)21(24)25/h4-7,12-13,17,20H,8-11H2,1-3H3,(H,24,25). The van der Waals surface area contributed by atoms with Gasteiger partial charge in [-0.3, -0.25) is 14.7 Å². The van der Waals surface area contributed by atoms with Crippen molar-refractivity contribution < 1.29 is 9.90 Å². The second-order valence-electron chi connectivity index (χ2n) is 7.17. The van der Waals surface area contributed by atoms with Crippen molar-refractivity contribution in [3.8, 4) is 0 Å². The van der Waals surface area contributed by atoms with E-state index in [4.69, 9.17) is 0 Å². The largest absolute Gasteiger partial charge is 0.481 e. The number of benzene rings is 1. The summed E-state index contributed by atoms with van der Waals surface area (Å²) < 4.78 is 0. The predicted octanol–water partition coefficient (Wildman–Crippen LogP) is 3.89. The van der Waals surface area contributed by atoms with Crippen molar-refractivity contribution in [1.29, 1.82) is 0 Å². The molecule has 3 rings (SSSR count). The Morgan fingerprint density at radius 3 is 2.36 bits per heavy atom. The molecule has 0 saturated carbocycles. The van der Waals surface area contributed by atoms with Gasteiger partial charge in [-0.2, -0.15) is 0 Å². The maximum absolute atomic E-state index is 11.3. The number of rotatable bonds is 4. The summed E-state index contributed by atoms with van der Waals surface area (Å²) in [7, 11) is 0. The zero-order valence-corrected chi connectivity index (χ0v) is 15.2. The molecule has 2 heterocycles. The first-order valence-electron chi connectivity index (χ1n) is 8.92. The molecule has 0 spiro atoms. The molecule has 1 fully saturated rings. The summed E-state index contributed by atoms with van der Waals surface area (Å²) in [6.07, 6.45) is 3.31. The molecular weight excluding hydrogens is 312 g/mol. The highest BCUT2D eigenvalue weighted by Crippen LogP contribution is 2.33. The van der Waals surface area contributed by atoms with Crippen LogP contribution in [-0.4, -0.2) is 34.0 Å². The van der Waals surface area contributed by atoms with E-state index in [2.05, 4.69) is 54.1 Å². The minimum absolute atomic E-state index is 0.0796. The van der Waals surface area contributed by atoms with Gasteiger partial charge in [0.2, 0.25) is 0 Å². The summed E-state index contributed by atoms with van der Waals surface area (Å²) in [4.78, 5) is 18.3. The lowest BCUT2D eigenvalue weighted by molar-refractivity contribution is -0.143. The predicted molar refractivity (Wildman–Crippen MR) is 98.7 cm³/mol. The number of aliphatic carboxylic acids is 1. The second kappa shape index (κ2) is 7.36. The number of carboxylic acids is 1. The average molecular weight is 338 g/mol. The molecule has 1 aliphatic heterocycles. The molecule has 25 heavy (non-hydrogen) atoms. The van der Waals surface area contributed by atoms with Gasteiger partial charge in [0.15, 0.2) is 0 Å². The van der Waals surface area contributed by atoms with Gasteiger partial charge in [-0.25, -0.2) is 0 Å². The molecule has 1 aromatic heterocycles. The number of pyridine rings is 1. The number of likely N-dealkylation sites (tertiary alicyclic amines) is 1. The highest BCUT2D eigenvalue weighted by Gasteiger charge is 2.31. The first-order valence-corrected chi connectivity index (χ1v) is 8.92. The molecule has 1 saturated heterocycles. The number of nitrogens with zero attached hydrogens (tertiary/aromatic N) is 2. The smallest absolute Gasteiger partial charge is 0.306 e. The number of aromatic nitrogens is 1. The van der Waals surface area contributed by atoms with E-state index in [1.54, 1.807) is 0 Å². The van der Waals surface area contributed by atoms with E-state index in [-0.39, 0.29) is 12.0 Å². The van der Waals surface area contributed by atoms with Crippen molar-refractivity contribution in [3.05, 3.63) is 64.5 Å². The molecule has 0 radical (unpaired) electrons. The van der Waals surface area contributed by atoms with Crippen molar-refractivity contribution >= 4 is 5.97 Å². The molecule has 1 unspecified atom stereocenters. The Labute approximate surface area is 149 Å². The van der Waals surface area contributed by atoms with Crippen LogP contribution in [0.5, 0.6) is 0 Å². The number of hydrogen-bond acceptors (Lipinski definition) is 3. The van der Waals surface area contributed by atoms with Gasteiger partial charge in [-0.05, 0) is 69.5 Å². The first kappa shape index (κ1) is 17.6. The van der Waals surface area contributed by atoms with Crippen molar-refractivity contribution in [2.45, 2.75) is 39.7 Å². The molecule has 0 amide bonds.